The number of hydrogen-bond donors (Lipinski definition) is 0. The van der Waals surface area contributed by atoms with Crippen LogP contribution >= 0.6 is 23.2 Å². The van der Waals surface area contributed by atoms with Gasteiger partial charge in [-0.3, -0.25) is 14.4 Å². The highest BCUT2D eigenvalue weighted by atomic mass is 35.5. The van der Waals surface area contributed by atoms with E-state index in [4.69, 9.17) is 23.2 Å². The minimum atomic E-state index is -0.606. The van der Waals surface area contributed by atoms with Crippen molar-refractivity contribution in [1.29, 1.82) is 0 Å². The summed E-state index contributed by atoms with van der Waals surface area (Å²) in [5, 5.41) is 1.94. The number of fused-ring (bicyclic) bond motifs is 1. The Morgan fingerprint density at radius 3 is 2.36 bits per heavy atom. The lowest BCUT2D eigenvalue weighted by Gasteiger charge is -2.21. The maximum absolute atomic E-state index is 13.0. The van der Waals surface area contributed by atoms with Crippen molar-refractivity contribution in [3.05, 3.63) is 74.3 Å². The van der Waals surface area contributed by atoms with Crippen LogP contribution in [0.1, 0.15) is 25.2 Å². The number of hydrogen-bond acceptors (Lipinski definition) is 4. The SMILES string of the molecule is CC(=O)N(C(C)=O)n1c(/C=C/c2ccc(Cl)cc2Cl)nc2ccccc2c1=O. The number of benzene rings is 2. The van der Waals surface area contributed by atoms with Gasteiger partial charge in [0, 0.05) is 23.9 Å². The first kappa shape index (κ1) is 19.8. The van der Waals surface area contributed by atoms with Gasteiger partial charge in [0.25, 0.3) is 5.56 Å². The molecule has 0 N–H and O–H groups in total. The molecule has 2 amide bonds. The van der Waals surface area contributed by atoms with E-state index in [-0.39, 0.29) is 11.2 Å². The third kappa shape index (κ3) is 3.83. The van der Waals surface area contributed by atoms with Crippen molar-refractivity contribution < 1.29 is 9.59 Å². The third-order valence-electron chi connectivity index (χ3n) is 3.95. The van der Waals surface area contributed by atoms with Crippen LogP contribution in [0.2, 0.25) is 10.0 Å². The monoisotopic (exact) mass is 415 g/mol. The molecule has 1 heterocycles. The molecule has 0 atom stereocenters. The number of aromatic nitrogens is 2. The van der Waals surface area contributed by atoms with Gasteiger partial charge in [-0.05, 0) is 42.0 Å². The molecule has 3 aromatic rings. The Morgan fingerprint density at radius 1 is 1.04 bits per heavy atom. The summed E-state index contributed by atoms with van der Waals surface area (Å²) in [6.45, 7) is 2.40. The topological polar surface area (TPSA) is 72.3 Å². The van der Waals surface area contributed by atoms with Crippen LogP contribution in [-0.2, 0) is 9.59 Å². The van der Waals surface area contributed by atoms with Crippen molar-refractivity contribution >= 4 is 58.1 Å². The molecule has 2 aromatic carbocycles. The summed E-state index contributed by atoms with van der Waals surface area (Å²) in [5.41, 5.74) is 0.549. The zero-order chi connectivity index (χ0) is 20.4. The Balaban J connectivity index is 2.26. The fourth-order valence-electron chi connectivity index (χ4n) is 2.75. The maximum atomic E-state index is 13.0. The Labute approximate surface area is 170 Å². The van der Waals surface area contributed by atoms with Crippen LogP contribution in [0.3, 0.4) is 0 Å². The lowest BCUT2D eigenvalue weighted by Crippen LogP contribution is -2.49. The van der Waals surface area contributed by atoms with E-state index in [0.717, 1.165) is 9.69 Å². The van der Waals surface area contributed by atoms with E-state index in [2.05, 4.69) is 4.98 Å². The van der Waals surface area contributed by atoms with Gasteiger partial charge in [0.05, 0.1) is 10.9 Å². The molecule has 28 heavy (non-hydrogen) atoms. The first-order valence-corrected chi connectivity index (χ1v) is 9.01. The summed E-state index contributed by atoms with van der Waals surface area (Å²) in [5.74, 6) is -1.10. The van der Waals surface area contributed by atoms with Crippen LogP contribution in [0, 0.1) is 0 Å². The van der Waals surface area contributed by atoms with E-state index in [0.29, 0.717) is 21.1 Å². The van der Waals surface area contributed by atoms with Crippen LogP contribution in [-0.4, -0.2) is 21.5 Å². The van der Waals surface area contributed by atoms with Gasteiger partial charge in [-0.15, -0.1) is 0 Å². The fraction of sp³-hybridized carbons (Fsp3) is 0.100. The number of imide groups is 1. The number of rotatable bonds is 3. The van der Waals surface area contributed by atoms with Gasteiger partial charge in [0.2, 0.25) is 11.8 Å². The smallest absolute Gasteiger partial charge is 0.273 e. The fourth-order valence-corrected chi connectivity index (χ4v) is 3.22. The third-order valence-corrected chi connectivity index (χ3v) is 4.51. The molecule has 6 nitrogen and oxygen atoms in total. The molecular formula is C20H15Cl2N3O3. The standard InChI is InChI=1S/C20H15Cl2N3O3/c1-12(26)24(13(2)27)25-19(10-8-14-7-9-15(21)11-17(14)22)23-18-6-4-3-5-16(18)20(25)28/h3-11H,1-2H3/b10-8+. The van der Waals surface area contributed by atoms with Crippen LogP contribution < -0.4 is 10.6 Å². The van der Waals surface area contributed by atoms with E-state index in [1.54, 1.807) is 48.5 Å². The predicted molar refractivity (Wildman–Crippen MR) is 111 cm³/mol. The largest absolute Gasteiger partial charge is 0.281 e. The van der Waals surface area contributed by atoms with Gasteiger partial charge in [-0.25, -0.2) is 4.98 Å². The molecule has 0 fully saturated rings. The molecule has 142 valence electrons. The highest BCUT2D eigenvalue weighted by molar-refractivity contribution is 6.35. The Kier molecular flexibility index (Phi) is 5.63. The van der Waals surface area contributed by atoms with Gasteiger partial charge in [0.15, 0.2) is 5.82 Å². The van der Waals surface area contributed by atoms with Crippen LogP contribution in [0.15, 0.2) is 47.3 Å². The van der Waals surface area contributed by atoms with Crippen LogP contribution in [0.5, 0.6) is 0 Å². The lowest BCUT2D eigenvalue weighted by atomic mass is 10.2. The van der Waals surface area contributed by atoms with Crippen molar-refractivity contribution in [3.63, 3.8) is 0 Å². The lowest BCUT2D eigenvalue weighted by molar-refractivity contribution is -0.126. The van der Waals surface area contributed by atoms with E-state index in [1.807, 2.05) is 0 Å². The van der Waals surface area contributed by atoms with Gasteiger partial charge in [-0.2, -0.15) is 9.69 Å². The Bertz CT molecular complexity index is 1170. The maximum Gasteiger partial charge on any atom is 0.281 e. The summed E-state index contributed by atoms with van der Waals surface area (Å²) >= 11 is 12.1. The normalized spacial score (nSPS) is 11.1. The molecule has 0 radical (unpaired) electrons. The molecule has 0 aliphatic rings. The van der Waals surface area contributed by atoms with E-state index in [9.17, 15) is 14.4 Å². The molecule has 0 spiro atoms. The van der Waals surface area contributed by atoms with Crippen molar-refractivity contribution in [3.8, 4) is 0 Å². The highest BCUT2D eigenvalue weighted by Gasteiger charge is 2.22. The molecule has 0 aliphatic heterocycles. The minimum absolute atomic E-state index is 0.111. The first-order chi connectivity index (χ1) is 13.3. The van der Waals surface area contributed by atoms with E-state index < -0.39 is 17.4 Å². The first-order valence-electron chi connectivity index (χ1n) is 8.26. The second-order valence-corrected chi connectivity index (χ2v) is 6.80. The van der Waals surface area contributed by atoms with Gasteiger partial charge < -0.3 is 0 Å². The van der Waals surface area contributed by atoms with Gasteiger partial charge >= 0.3 is 0 Å². The zero-order valence-corrected chi connectivity index (χ0v) is 16.5. The molecule has 0 bridgehead atoms. The zero-order valence-electron chi connectivity index (χ0n) is 15.0. The van der Waals surface area contributed by atoms with E-state index >= 15 is 0 Å². The number of carbonyl (C=O) groups is 2. The molecule has 0 unspecified atom stereocenters. The average molecular weight is 416 g/mol. The molecular weight excluding hydrogens is 401 g/mol. The number of amides is 2. The molecule has 0 saturated heterocycles. The molecule has 0 saturated carbocycles. The minimum Gasteiger partial charge on any atom is -0.273 e. The summed E-state index contributed by atoms with van der Waals surface area (Å²) in [6.07, 6.45) is 3.14. The number of nitrogens with zero attached hydrogens (tertiary/aromatic N) is 3. The van der Waals surface area contributed by atoms with Crippen molar-refractivity contribution in [2.45, 2.75) is 13.8 Å². The van der Waals surface area contributed by atoms with Crippen LogP contribution in [0.25, 0.3) is 23.1 Å². The van der Waals surface area contributed by atoms with Crippen molar-refractivity contribution in [1.82, 2.24) is 9.66 Å². The van der Waals surface area contributed by atoms with Crippen molar-refractivity contribution in [2.75, 3.05) is 5.01 Å². The number of halogens is 2. The predicted octanol–water partition coefficient (Wildman–Crippen LogP) is 3.90. The number of para-hydroxylation sites is 1. The Morgan fingerprint density at radius 2 is 1.71 bits per heavy atom. The molecule has 0 aliphatic carbocycles. The molecule has 1 aromatic heterocycles. The summed E-state index contributed by atoms with van der Waals surface area (Å²) in [4.78, 5) is 41.6. The molecule has 8 heteroatoms. The quantitative estimate of drug-likeness (QED) is 0.649. The average Bonchev–Trinajstić information content (AvgIpc) is 2.63. The van der Waals surface area contributed by atoms with Crippen molar-refractivity contribution in [2.24, 2.45) is 0 Å². The summed E-state index contributed by atoms with van der Waals surface area (Å²) < 4.78 is 0.966. The van der Waals surface area contributed by atoms with Crippen LogP contribution in [0.4, 0.5) is 0 Å². The second kappa shape index (κ2) is 7.96. The van der Waals surface area contributed by atoms with E-state index in [1.165, 1.54) is 19.9 Å². The molecule has 3 rings (SSSR count). The second-order valence-electron chi connectivity index (χ2n) is 5.95. The Hall–Kier alpha value is -2.96. The highest BCUT2D eigenvalue weighted by Crippen LogP contribution is 2.23. The van der Waals surface area contributed by atoms with Gasteiger partial charge in [0.1, 0.15) is 0 Å². The summed E-state index contributed by atoms with van der Waals surface area (Å²) in [6, 6.07) is 11.7. The van der Waals surface area contributed by atoms with Gasteiger partial charge in [-0.1, -0.05) is 41.4 Å². The summed E-state index contributed by atoms with van der Waals surface area (Å²) in [7, 11) is 0. The number of carbonyl (C=O) groups excluding carboxylic acids is 2.